The predicted molar refractivity (Wildman–Crippen MR) is 121 cm³/mol. The lowest BCUT2D eigenvalue weighted by Gasteiger charge is -2.40. The van der Waals surface area contributed by atoms with E-state index in [1.54, 1.807) is 0 Å². The van der Waals surface area contributed by atoms with Gasteiger partial charge in [0.15, 0.2) is 5.65 Å². The average molecular weight is 406 g/mol. The van der Waals surface area contributed by atoms with Gasteiger partial charge < -0.3 is 10.2 Å². The highest BCUT2D eigenvalue weighted by Crippen LogP contribution is 2.27. The first-order chi connectivity index (χ1) is 14.8. The van der Waals surface area contributed by atoms with E-state index >= 15 is 0 Å². The first kappa shape index (κ1) is 19.3. The van der Waals surface area contributed by atoms with Crippen molar-refractivity contribution in [3.05, 3.63) is 42.1 Å². The first-order valence-electron chi connectivity index (χ1n) is 11.2. The van der Waals surface area contributed by atoms with Gasteiger partial charge in [0.05, 0.1) is 11.6 Å². The Balaban J connectivity index is 1.33. The molecule has 1 aromatic carbocycles. The standard InChI is InChI=1S/C23H31N7/c1-28-22-20(17-25-28)21(24-16-18-8-4-2-5-9-18)26-23(27-22)30-14-12-29(13-15-30)19-10-6-3-7-11-19/h2,4-5,8-9,17,19H,3,6-7,10-16H2,1H3,(H,24,26,27). The SMILES string of the molecule is Cn1ncc2c(NCc3ccccc3)nc(N3CCN(C4CCCCC4)CC3)nc21. The number of rotatable bonds is 5. The molecule has 1 saturated carbocycles. The van der Waals surface area contributed by atoms with E-state index in [2.05, 4.69) is 44.5 Å². The molecule has 7 heteroatoms. The van der Waals surface area contributed by atoms with Gasteiger partial charge in [0.25, 0.3) is 0 Å². The molecule has 0 radical (unpaired) electrons. The number of benzene rings is 1. The van der Waals surface area contributed by atoms with Crippen LogP contribution in [0.5, 0.6) is 0 Å². The number of nitrogens with one attached hydrogen (secondary N) is 1. The Hall–Kier alpha value is -2.67. The number of aryl methyl sites for hydroxylation is 1. The molecule has 3 aromatic rings. The molecule has 1 aliphatic heterocycles. The van der Waals surface area contributed by atoms with Gasteiger partial charge in [-0.25, -0.2) is 0 Å². The second-order valence-electron chi connectivity index (χ2n) is 8.53. The lowest BCUT2D eigenvalue weighted by molar-refractivity contribution is 0.147. The van der Waals surface area contributed by atoms with Gasteiger partial charge in [-0.1, -0.05) is 49.6 Å². The third-order valence-electron chi connectivity index (χ3n) is 6.57. The number of nitrogens with zero attached hydrogens (tertiary/aromatic N) is 6. The number of hydrogen-bond acceptors (Lipinski definition) is 6. The van der Waals surface area contributed by atoms with E-state index in [1.807, 2.05) is 24.0 Å². The van der Waals surface area contributed by atoms with Crippen LogP contribution in [0.25, 0.3) is 11.0 Å². The van der Waals surface area contributed by atoms with Crippen LogP contribution in [0, 0.1) is 0 Å². The summed E-state index contributed by atoms with van der Waals surface area (Å²) in [5, 5.41) is 8.90. The average Bonchev–Trinajstić information content (AvgIpc) is 3.20. The quantitative estimate of drug-likeness (QED) is 0.702. The second kappa shape index (κ2) is 8.60. The van der Waals surface area contributed by atoms with Gasteiger partial charge in [0.2, 0.25) is 5.95 Å². The molecule has 1 aliphatic carbocycles. The van der Waals surface area contributed by atoms with Crippen molar-refractivity contribution in [2.45, 2.75) is 44.7 Å². The Morgan fingerprint density at radius 2 is 1.73 bits per heavy atom. The summed E-state index contributed by atoms with van der Waals surface area (Å²) in [4.78, 5) is 14.8. The van der Waals surface area contributed by atoms with Gasteiger partial charge in [0, 0.05) is 45.8 Å². The maximum atomic E-state index is 4.92. The van der Waals surface area contributed by atoms with E-state index in [0.717, 1.165) is 61.6 Å². The smallest absolute Gasteiger partial charge is 0.229 e. The molecule has 1 N–H and O–H groups in total. The molecule has 0 unspecified atom stereocenters. The van der Waals surface area contributed by atoms with E-state index in [4.69, 9.17) is 9.97 Å². The Bertz CT molecular complexity index is 970. The zero-order valence-corrected chi connectivity index (χ0v) is 17.8. The third-order valence-corrected chi connectivity index (χ3v) is 6.57. The van der Waals surface area contributed by atoms with E-state index in [1.165, 1.54) is 37.7 Å². The zero-order valence-electron chi connectivity index (χ0n) is 17.8. The van der Waals surface area contributed by atoms with Crippen molar-refractivity contribution in [1.29, 1.82) is 0 Å². The van der Waals surface area contributed by atoms with Gasteiger partial charge in [-0.05, 0) is 18.4 Å². The number of aromatic nitrogens is 4. The van der Waals surface area contributed by atoms with Crippen LogP contribution >= 0.6 is 0 Å². The molecule has 2 aromatic heterocycles. The van der Waals surface area contributed by atoms with Crippen LogP contribution in [0.4, 0.5) is 11.8 Å². The highest BCUT2D eigenvalue weighted by molar-refractivity contribution is 5.87. The summed E-state index contributed by atoms with van der Waals surface area (Å²) in [5.74, 6) is 1.67. The Kier molecular flexibility index (Phi) is 5.53. The van der Waals surface area contributed by atoms with E-state index in [-0.39, 0.29) is 0 Å². The molecule has 0 atom stereocenters. The van der Waals surface area contributed by atoms with Gasteiger partial charge >= 0.3 is 0 Å². The number of hydrogen-bond donors (Lipinski definition) is 1. The largest absolute Gasteiger partial charge is 0.365 e. The molecule has 2 fully saturated rings. The van der Waals surface area contributed by atoms with Crippen LogP contribution < -0.4 is 10.2 Å². The molecule has 30 heavy (non-hydrogen) atoms. The van der Waals surface area contributed by atoms with Crippen molar-refractivity contribution >= 4 is 22.8 Å². The maximum absolute atomic E-state index is 4.92. The van der Waals surface area contributed by atoms with Crippen LogP contribution in [0.2, 0.25) is 0 Å². The fourth-order valence-electron chi connectivity index (χ4n) is 4.80. The Morgan fingerprint density at radius 1 is 0.967 bits per heavy atom. The Morgan fingerprint density at radius 3 is 2.50 bits per heavy atom. The van der Waals surface area contributed by atoms with Gasteiger partial charge in [-0.3, -0.25) is 9.58 Å². The van der Waals surface area contributed by atoms with E-state index in [0.29, 0.717) is 0 Å². The molecular formula is C23H31N7. The molecule has 7 nitrogen and oxygen atoms in total. The summed E-state index contributed by atoms with van der Waals surface area (Å²) >= 11 is 0. The fourth-order valence-corrected chi connectivity index (χ4v) is 4.80. The summed E-state index contributed by atoms with van der Waals surface area (Å²) < 4.78 is 1.84. The van der Waals surface area contributed by atoms with Crippen LogP contribution in [-0.4, -0.2) is 56.9 Å². The summed E-state index contributed by atoms with van der Waals surface area (Å²) in [5.41, 5.74) is 2.11. The number of piperazine rings is 1. The minimum atomic E-state index is 0.733. The zero-order chi connectivity index (χ0) is 20.3. The van der Waals surface area contributed by atoms with Crippen LogP contribution in [0.1, 0.15) is 37.7 Å². The van der Waals surface area contributed by atoms with Gasteiger partial charge in [-0.2, -0.15) is 15.1 Å². The molecule has 158 valence electrons. The van der Waals surface area contributed by atoms with Crippen molar-refractivity contribution in [3.63, 3.8) is 0 Å². The lowest BCUT2D eigenvalue weighted by atomic mass is 9.94. The van der Waals surface area contributed by atoms with Gasteiger partial charge in [-0.15, -0.1) is 0 Å². The van der Waals surface area contributed by atoms with Crippen molar-refractivity contribution in [3.8, 4) is 0 Å². The van der Waals surface area contributed by atoms with E-state index in [9.17, 15) is 0 Å². The van der Waals surface area contributed by atoms with Gasteiger partial charge in [0.1, 0.15) is 5.82 Å². The summed E-state index contributed by atoms with van der Waals surface area (Å²) in [6.45, 7) is 4.90. The van der Waals surface area contributed by atoms with Crippen molar-refractivity contribution in [2.24, 2.45) is 7.05 Å². The summed E-state index contributed by atoms with van der Waals surface area (Å²) in [6.07, 6.45) is 8.78. The highest BCUT2D eigenvalue weighted by Gasteiger charge is 2.26. The van der Waals surface area contributed by atoms with Crippen LogP contribution in [-0.2, 0) is 13.6 Å². The number of fused-ring (bicyclic) bond motifs is 1. The normalized spacial score (nSPS) is 18.8. The monoisotopic (exact) mass is 405 g/mol. The molecule has 0 bridgehead atoms. The summed E-state index contributed by atoms with van der Waals surface area (Å²) in [7, 11) is 1.95. The molecule has 0 spiro atoms. The molecule has 3 heterocycles. The van der Waals surface area contributed by atoms with Crippen molar-refractivity contribution < 1.29 is 0 Å². The summed E-state index contributed by atoms with van der Waals surface area (Å²) in [6, 6.07) is 11.2. The number of anilines is 2. The minimum Gasteiger partial charge on any atom is -0.365 e. The van der Waals surface area contributed by atoms with Crippen LogP contribution in [0.15, 0.2) is 36.5 Å². The minimum absolute atomic E-state index is 0.733. The molecule has 5 rings (SSSR count). The van der Waals surface area contributed by atoms with Crippen molar-refractivity contribution in [1.82, 2.24) is 24.6 Å². The Labute approximate surface area is 178 Å². The first-order valence-corrected chi connectivity index (χ1v) is 11.2. The van der Waals surface area contributed by atoms with Crippen molar-refractivity contribution in [2.75, 3.05) is 36.4 Å². The fraction of sp³-hybridized carbons (Fsp3) is 0.522. The lowest BCUT2D eigenvalue weighted by Crippen LogP contribution is -2.51. The molecule has 0 amide bonds. The molecule has 2 aliphatic rings. The third kappa shape index (κ3) is 3.99. The topological polar surface area (TPSA) is 62.1 Å². The van der Waals surface area contributed by atoms with E-state index < -0.39 is 0 Å². The van der Waals surface area contributed by atoms with Crippen LogP contribution in [0.3, 0.4) is 0 Å². The predicted octanol–water partition coefficient (Wildman–Crippen LogP) is 3.43. The highest BCUT2D eigenvalue weighted by atomic mass is 15.4. The maximum Gasteiger partial charge on any atom is 0.229 e. The second-order valence-corrected chi connectivity index (χ2v) is 8.53. The molecular weight excluding hydrogens is 374 g/mol. The molecule has 1 saturated heterocycles.